The summed E-state index contributed by atoms with van der Waals surface area (Å²) in [6, 6.07) is 4.17. The Morgan fingerprint density at radius 3 is 2.29 bits per heavy atom. The van der Waals surface area contributed by atoms with Crippen molar-refractivity contribution >= 4 is 39.1 Å². The van der Waals surface area contributed by atoms with Crippen LogP contribution in [-0.4, -0.2) is 37.8 Å². The molecule has 1 aromatic rings. The molecule has 8 heteroatoms. The molecular formula is C23H33Cl2N2O3S. The van der Waals surface area contributed by atoms with E-state index in [1.54, 1.807) is 0 Å². The molecule has 1 amide bonds. The number of benzene rings is 1. The van der Waals surface area contributed by atoms with Gasteiger partial charge < -0.3 is 5.32 Å². The first-order chi connectivity index (χ1) is 13.9. The molecule has 1 heterocycles. The zero-order valence-electron chi connectivity index (χ0n) is 18.0. The largest absolute Gasteiger partial charge is 0.354 e. The summed E-state index contributed by atoms with van der Waals surface area (Å²) < 4.78 is 28.0. The van der Waals surface area contributed by atoms with Gasteiger partial charge in [0, 0.05) is 24.2 Å². The lowest BCUT2D eigenvalue weighted by molar-refractivity contribution is -0.120. The van der Waals surface area contributed by atoms with Crippen molar-refractivity contribution in [2.45, 2.75) is 75.1 Å². The summed E-state index contributed by atoms with van der Waals surface area (Å²) in [7, 11) is -3.76. The molecule has 5 nitrogen and oxygen atoms in total. The maximum absolute atomic E-state index is 13.2. The van der Waals surface area contributed by atoms with E-state index in [-0.39, 0.29) is 36.7 Å². The van der Waals surface area contributed by atoms with Gasteiger partial charge in [0.05, 0.1) is 10.9 Å². The fraction of sp³-hybridized carbons (Fsp3) is 0.565. The molecule has 1 aliphatic carbocycles. The minimum atomic E-state index is -3.76. The number of carbonyl (C=O) groups excluding carboxylic acids is 1. The lowest BCUT2D eigenvalue weighted by Gasteiger charge is -2.35. The van der Waals surface area contributed by atoms with Crippen LogP contribution in [0.4, 0.5) is 0 Å². The second-order valence-corrected chi connectivity index (χ2v) is 10.6. The van der Waals surface area contributed by atoms with Crippen molar-refractivity contribution in [1.82, 2.24) is 9.62 Å². The minimum absolute atomic E-state index is 0. The number of carbonyl (C=O) groups is 1. The maximum atomic E-state index is 13.2. The van der Waals surface area contributed by atoms with E-state index >= 15 is 0 Å². The number of hydrogen-bond donors (Lipinski definition) is 1. The van der Waals surface area contributed by atoms with Gasteiger partial charge >= 0.3 is 0 Å². The Hall–Kier alpha value is -0.820. The number of rotatable bonds is 5. The lowest BCUT2D eigenvalue weighted by atomic mass is 9.90. The van der Waals surface area contributed by atoms with Crippen LogP contribution in [0.3, 0.4) is 0 Å². The quantitative estimate of drug-likeness (QED) is 0.585. The molecular weight excluding hydrogens is 455 g/mol. The van der Waals surface area contributed by atoms with E-state index in [0.29, 0.717) is 18.1 Å². The molecule has 173 valence electrons. The number of piperidine rings is 1. The van der Waals surface area contributed by atoms with Gasteiger partial charge in [-0.3, -0.25) is 4.79 Å². The number of amides is 1. The van der Waals surface area contributed by atoms with Gasteiger partial charge in [0.25, 0.3) is 0 Å². The number of hydrogen-bond acceptors (Lipinski definition) is 3. The third-order valence-corrected chi connectivity index (χ3v) is 8.50. The Balaban J connectivity index is 0.00000240. The Bertz CT molecular complexity index is 809. The summed E-state index contributed by atoms with van der Waals surface area (Å²) in [4.78, 5) is 12.7. The molecule has 2 fully saturated rings. The lowest BCUT2D eigenvalue weighted by Crippen LogP contribution is -2.49. The third kappa shape index (κ3) is 7.34. The summed E-state index contributed by atoms with van der Waals surface area (Å²) >= 11 is 12.1. The molecule has 1 saturated carbocycles. The van der Waals surface area contributed by atoms with Crippen molar-refractivity contribution in [2.24, 2.45) is 0 Å². The van der Waals surface area contributed by atoms with Crippen molar-refractivity contribution in [3.05, 3.63) is 49.0 Å². The van der Waals surface area contributed by atoms with Gasteiger partial charge in [0.15, 0.2) is 0 Å². The molecule has 31 heavy (non-hydrogen) atoms. The first kappa shape index (κ1) is 28.2. The van der Waals surface area contributed by atoms with E-state index in [1.165, 1.54) is 41.8 Å². The van der Waals surface area contributed by atoms with Gasteiger partial charge in [-0.1, -0.05) is 76.6 Å². The predicted octanol–water partition coefficient (Wildman–Crippen LogP) is 5.63. The molecule has 3 rings (SSSR count). The zero-order valence-corrected chi connectivity index (χ0v) is 20.4. The van der Waals surface area contributed by atoms with Crippen LogP contribution in [0.5, 0.6) is 0 Å². The van der Waals surface area contributed by atoms with Gasteiger partial charge in [-0.05, 0) is 43.9 Å². The first-order valence-corrected chi connectivity index (χ1v) is 12.7. The number of sulfonamides is 1. The minimum Gasteiger partial charge on any atom is -0.354 e. The Morgan fingerprint density at radius 1 is 1.00 bits per heavy atom. The van der Waals surface area contributed by atoms with E-state index in [4.69, 9.17) is 23.2 Å². The summed E-state index contributed by atoms with van der Waals surface area (Å²) in [6.45, 7) is 0.755. The number of nitrogens with one attached hydrogen (secondary N) is 1. The number of halogens is 2. The molecule has 2 aliphatic rings. The van der Waals surface area contributed by atoms with E-state index < -0.39 is 10.0 Å². The third-order valence-electron chi connectivity index (χ3n) is 5.83. The Morgan fingerprint density at radius 2 is 1.65 bits per heavy atom. The highest BCUT2D eigenvalue weighted by Crippen LogP contribution is 2.31. The van der Waals surface area contributed by atoms with E-state index in [2.05, 4.69) is 5.32 Å². The highest BCUT2D eigenvalue weighted by molar-refractivity contribution is 7.89. The van der Waals surface area contributed by atoms with Crippen molar-refractivity contribution in [1.29, 1.82) is 0 Å². The van der Waals surface area contributed by atoms with Crippen molar-refractivity contribution in [2.75, 3.05) is 13.1 Å². The van der Waals surface area contributed by atoms with Crippen LogP contribution < -0.4 is 5.32 Å². The van der Waals surface area contributed by atoms with Gasteiger partial charge in [-0.2, -0.15) is 4.31 Å². The molecule has 1 unspecified atom stereocenters. The van der Waals surface area contributed by atoms with Crippen LogP contribution in [-0.2, 0) is 14.8 Å². The molecule has 1 saturated heterocycles. The molecule has 1 N–H and O–H groups in total. The molecule has 1 aromatic carbocycles. The topological polar surface area (TPSA) is 66.5 Å². The average molecular weight is 489 g/mol. The summed E-state index contributed by atoms with van der Waals surface area (Å²) in [5.41, 5.74) is 0. The van der Waals surface area contributed by atoms with Crippen molar-refractivity contribution in [3.8, 4) is 0 Å². The fourth-order valence-corrected chi connectivity index (χ4v) is 6.64. The van der Waals surface area contributed by atoms with Gasteiger partial charge in [0.2, 0.25) is 15.9 Å². The van der Waals surface area contributed by atoms with Crippen LogP contribution in [0.25, 0.3) is 0 Å². The molecule has 0 aromatic heterocycles. The molecule has 5 radical (unpaired) electrons. The predicted molar refractivity (Wildman–Crippen MR) is 127 cm³/mol. The summed E-state index contributed by atoms with van der Waals surface area (Å²) in [6.07, 6.45) is 9.86. The second-order valence-electron chi connectivity index (χ2n) is 7.92. The second kappa shape index (κ2) is 13.0. The van der Waals surface area contributed by atoms with E-state index in [9.17, 15) is 13.2 Å². The van der Waals surface area contributed by atoms with Crippen molar-refractivity contribution in [3.63, 3.8) is 0 Å². The number of nitrogens with zero attached hydrogens (tertiary/aromatic N) is 1. The van der Waals surface area contributed by atoms with E-state index in [0.717, 1.165) is 50.9 Å². The molecule has 1 atom stereocenters. The van der Waals surface area contributed by atoms with Crippen LogP contribution >= 0.6 is 23.2 Å². The SMILES string of the molecule is O=C(NCC1CCCCN1S(=O)(=O)c1ccc(Cl)cc1Cl)[C]1CCCCCCC1.[CH2].[CH2]. The summed E-state index contributed by atoms with van der Waals surface area (Å²) in [5.74, 6) is 0.940. The molecule has 0 bridgehead atoms. The van der Waals surface area contributed by atoms with E-state index in [1.807, 2.05) is 0 Å². The highest BCUT2D eigenvalue weighted by atomic mass is 35.5. The van der Waals surface area contributed by atoms with Gasteiger partial charge in [-0.15, -0.1) is 0 Å². The van der Waals surface area contributed by atoms with Crippen LogP contribution in [0.15, 0.2) is 23.1 Å². The van der Waals surface area contributed by atoms with Crippen LogP contribution in [0, 0.1) is 20.8 Å². The average Bonchev–Trinajstić information content (AvgIpc) is 2.66. The molecule has 0 spiro atoms. The highest BCUT2D eigenvalue weighted by Gasteiger charge is 2.35. The summed E-state index contributed by atoms with van der Waals surface area (Å²) in [5, 5.41) is 3.53. The Kier molecular flexibility index (Phi) is 11.9. The maximum Gasteiger partial charge on any atom is 0.244 e. The fourth-order valence-electron chi connectivity index (χ4n) is 4.20. The first-order valence-electron chi connectivity index (χ1n) is 10.5. The normalized spacial score (nSPS) is 21.2. The Labute approximate surface area is 198 Å². The van der Waals surface area contributed by atoms with Crippen molar-refractivity contribution < 1.29 is 13.2 Å². The van der Waals surface area contributed by atoms with Gasteiger partial charge in [-0.25, -0.2) is 8.42 Å². The smallest absolute Gasteiger partial charge is 0.244 e. The standard InChI is InChI=1S/C21H29Cl2N2O3S.2CH2/c22-17-11-12-20(19(23)14-17)29(27,28)25-13-7-6-10-18(25)15-24-21(26)16-8-4-2-1-3-5-9-16;;/h11-12,14,18H,1-10,13,15H2,(H,24,26);2*1H2. The van der Waals surface area contributed by atoms with Crippen LogP contribution in [0.2, 0.25) is 10.0 Å². The van der Waals surface area contributed by atoms with Gasteiger partial charge in [0.1, 0.15) is 4.90 Å². The monoisotopic (exact) mass is 487 g/mol. The molecule has 1 aliphatic heterocycles. The van der Waals surface area contributed by atoms with Crippen LogP contribution in [0.1, 0.15) is 64.2 Å². The zero-order chi connectivity index (χ0) is 20.9.